The van der Waals surface area contributed by atoms with Crippen LogP contribution >= 0.6 is 15.9 Å². The summed E-state index contributed by atoms with van der Waals surface area (Å²) in [4.78, 5) is 0. The maximum absolute atomic E-state index is 5.34. The van der Waals surface area contributed by atoms with Crippen molar-refractivity contribution in [3.63, 3.8) is 0 Å². The second-order valence-corrected chi connectivity index (χ2v) is 5.24. The first-order chi connectivity index (χ1) is 8.21. The van der Waals surface area contributed by atoms with E-state index in [4.69, 9.17) is 9.47 Å². The van der Waals surface area contributed by atoms with E-state index in [1.54, 1.807) is 14.2 Å². The summed E-state index contributed by atoms with van der Waals surface area (Å²) in [7, 11) is 5.33. The molecule has 1 fully saturated rings. The molecule has 0 spiro atoms. The van der Waals surface area contributed by atoms with Gasteiger partial charge in [0.05, 0.1) is 14.2 Å². The Morgan fingerprint density at radius 3 is 2.53 bits per heavy atom. The second-order valence-electron chi connectivity index (χ2n) is 4.39. The zero-order chi connectivity index (χ0) is 12.4. The van der Waals surface area contributed by atoms with E-state index >= 15 is 0 Å². The molecule has 2 atom stereocenters. The lowest BCUT2D eigenvalue weighted by molar-refractivity contribution is 0.354. The molecule has 0 aliphatic heterocycles. The molecule has 1 aliphatic rings. The van der Waals surface area contributed by atoms with Crippen LogP contribution in [0.3, 0.4) is 0 Å². The van der Waals surface area contributed by atoms with Gasteiger partial charge < -0.3 is 14.8 Å². The molecule has 0 aromatic heterocycles. The molecule has 0 bridgehead atoms. The van der Waals surface area contributed by atoms with Crippen LogP contribution in [0.15, 0.2) is 16.6 Å². The Morgan fingerprint density at radius 2 is 1.94 bits per heavy atom. The third kappa shape index (κ3) is 2.58. The summed E-state index contributed by atoms with van der Waals surface area (Å²) in [6.07, 6.45) is 1.24. The molecule has 0 amide bonds. The van der Waals surface area contributed by atoms with Gasteiger partial charge in [-0.3, -0.25) is 0 Å². The van der Waals surface area contributed by atoms with Crippen LogP contribution in [0.5, 0.6) is 11.5 Å². The molecule has 2 rings (SSSR count). The maximum Gasteiger partial charge on any atom is 0.161 e. The van der Waals surface area contributed by atoms with E-state index in [1.807, 2.05) is 13.1 Å². The standard InChI is InChI=1S/C13H18BrNO2/c1-15-7-8-4-9(8)10-5-12(16-2)13(17-3)6-11(10)14/h5-6,8-9,15H,4,7H2,1-3H3. The lowest BCUT2D eigenvalue weighted by Crippen LogP contribution is -2.10. The normalized spacial score (nSPS) is 22.4. The van der Waals surface area contributed by atoms with Crippen LogP contribution in [-0.2, 0) is 0 Å². The van der Waals surface area contributed by atoms with E-state index in [9.17, 15) is 0 Å². The van der Waals surface area contributed by atoms with Crippen LogP contribution in [-0.4, -0.2) is 27.8 Å². The molecular weight excluding hydrogens is 282 g/mol. The maximum atomic E-state index is 5.34. The molecule has 1 N–H and O–H groups in total. The first-order valence-electron chi connectivity index (χ1n) is 5.77. The Bertz CT molecular complexity index is 409. The quantitative estimate of drug-likeness (QED) is 0.907. The Labute approximate surface area is 111 Å². The Hall–Kier alpha value is -0.740. The molecule has 1 aromatic rings. The fraction of sp³-hybridized carbons (Fsp3) is 0.538. The van der Waals surface area contributed by atoms with Crippen molar-refractivity contribution in [2.75, 3.05) is 27.8 Å². The average molecular weight is 300 g/mol. The highest BCUT2D eigenvalue weighted by Gasteiger charge is 2.39. The van der Waals surface area contributed by atoms with Gasteiger partial charge in [0.2, 0.25) is 0 Å². The third-order valence-electron chi connectivity index (χ3n) is 3.29. The minimum Gasteiger partial charge on any atom is -0.493 e. The van der Waals surface area contributed by atoms with Gasteiger partial charge in [-0.15, -0.1) is 0 Å². The van der Waals surface area contributed by atoms with Gasteiger partial charge in [-0.1, -0.05) is 15.9 Å². The summed E-state index contributed by atoms with van der Waals surface area (Å²) in [5, 5.41) is 3.23. The molecule has 17 heavy (non-hydrogen) atoms. The van der Waals surface area contributed by atoms with Crippen LogP contribution in [0.4, 0.5) is 0 Å². The Kier molecular flexibility index (Phi) is 3.94. The van der Waals surface area contributed by atoms with Gasteiger partial charge in [0, 0.05) is 4.47 Å². The minimum atomic E-state index is 0.636. The number of nitrogens with one attached hydrogen (secondary N) is 1. The molecule has 3 nitrogen and oxygen atoms in total. The van der Waals surface area contributed by atoms with Crippen LogP contribution < -0.4 is 14.8 Å². The number of hydrogen-bond donors (Lipinski definition) is 1. The van der Waals surface area contributed by atoms with E-state index in [-0.39, 0.29) is 0 Å². The summed E-state index contributed by atoms with van der Waals surface area (Å²) in [6, 6.07) is 4.08. The molecular formula is C13H18BrNO2. The van der Waals surface area contributed by atoms with Gasteiger partial charge in [-0.05, 0) is 49.5 Å². The van der Waals surface area contributed by atoms with Crippen molar-refractivity contribution < 1.29 is 9.47 Å². The van der Waals surface area contributed by atoms with E-state index in [1.165, 1.54) is 12.0 Å². The Balaban J connectivity index is 2.24. The van der Waals surface area contributed by atoms with Gasteiger partial charge >= 0.3 is 0 Å². The minimum absolute atomic E-state index is 0.636. The zero-order valence-electron chi connectivity index (χ0n) is 10.4. The monoisotopic (exact) mass is 299 g/mol. The molecule has 1 aliphatic carbocycles. The molecule has 0 heterocycles. The second kappa shape index (κ2) is 5.27. The fourth-order valence-corrected chi connectivity index (χ4v) is 2.89. The molecule has 0 radical (unpaired) electrons. The number of methoxy groups -OCH3 is 2. The summed E-state index contributed by atoms with van der Waals surface area (Å²) in [5.74, 6) is 2.96. The molecule has 94 valence electrons. The number of benzene rings is 1. The smallest absolute Gasteiger partial charge is 0.161 e. The first-order valence-corrected chi connectivity index (χ1v) is 6.56. The van der Waals surface area contributed by atoms with Gasteiger partial charge in [0.15, 0.2) is 11.5 Å². The van der Waals surface area contributed by atoms with Crippen molar-refractivity contribution in [3.8, 4) is 11.5 Å². The van der Waals surface area contributed by atoms with Gasteiger partial charge in [0.25, 0.3) is 0 Å². The predicted molar refractivity (Wildman–Crippen MR) is 72.0 cm³/mol. The number of rotatable bonds is 5. The third-order valence-corrected chi connectivity index (χ3v) is 3.98. The lowest BCUT2D eigenvalue weighted by atomic mass is 10.1. The van der Waals surface area contributed by atoms with Crippen molar-refractivity contribution in [2.45, 2.75) is 12.3 Å². The average Bonchev–Trinajstić information content (AvgIpc) is 3.08. The fourth-order valence-electron chi connectivity index (χ4n) is 2.27. The van der Waals surface area contributed by atoms with Gasteiger partial charge in [0.1, 0.15) is 0 Å². The summed E-state index contributed by atoms with van der Waals surface area (Å²) >= 11 is 3.61. The van der Waals surface area contributed by atoms with Gasteiger partial charge in [-0.2, -0.15) is 0 Å². The van der Waals surface area contributed by atoms with Gasteiger partial charge in [-0.25, -0.2) is 0 Å². The number of ether oxygens (including phenoxy) is 2. The van der Waals surface area contributed by atoms with E-state index in [0.717, 1.165) is 28.4 Å². The van der Waals surface area contributed by atoms with E-state index < -0.39 is 0 Å². The summed E-state index contributed by atoms with van der Waals surface area (Å²) in [6.45, 7) is 1.07. The van der Waals surface area contributed by atoms with Crippen LogP contribution in [0.25, 0.3) is 0 Å². The van der Waals surface area contributed by atoms with Crippen LogP contribution in [0.2, 0.25) is 0 Å². The molecule has 1 aromatic carbocycles. The van der Waals surface area contributed by atoms with Crippen molar-refractivity contribution in [3.05, 3.63) is 22.2 Å². The summed E-state index contributed by atoms with van der Waals surface area (Å²) in [5.41, 5.74) is 1.32. The first kappa shape index (κ1) is 12.7. The van der Waals surface area contributed by atoms with E-state index in [0.29, 0.717) is 5.92 Å². The molecule has 0 saturated heterocycles. The SMILES string of the molecule is CNCC1CC1c1cc(OC)c(OC)cc1Br. The van der Waals surface area contributed by atoms with Crippen molar-refractivity contribution >= 4 is 15.9 Å². The lowest BCUT2D eigenvalue weighted by Gasteiger charge is -2.11. The molecule has 4 heteroatoms. The topological polar surface area (TPSA) is 30.5 Å². The van der Waals surface area contributed by atoms with Crippen molar-refractivity contribution in [1.29, 1.82) is 0 Å². The highest BCUT2D eigenvalue weighted by molar-refractivity contribution is 9.10. The van der Waals surface area contributed by atoms with E-state index in [2.05, 4.69) is 27.3 Å². The van der Waals surface area contributed by atoms with Crippen LogP contribution in [0.1, 0.15) is 17.9 Å². The number of hydrogen-bond acceptors (Lipinski definition) is 3. The highest BCUT2D eigenvalue weighted by atomic mass is 79.9. The highest BCUT2D eigenvalue weighted by Crippen LogP contribution is 2.51. The number of halogens is 1. The van der Waals surface area contributed by atoms with Crippen LogP contribution in [0, 0.1) is 5.92 Å². The van der Waals surface area contributed by atoms with Crippen molar-refractivity contribution in [1.82, 2.24) is 5.32 Å². The zero-order valence-corrected chi connectivity index (χ0v) is 12.0. The summed E-state index contributed by atoms with van der Waals surface area (Å²) < 4.78 is 11.7. The largest absolute Gasteiger partial charge is 0.493 e. The molecule has 2 unspecified atom stereocenters. The molecule has 1 saturated carbocycles. The predicted octanol–water partition coefficient (Wildman–Crippen LogP) is 2.79. The Morgan fingerprint density at radius 1 is 1.29 bits per heavy atom. The van der Waals surface area contributed by atoms with Crippen molar-refractivity contribution in [2.24, 2.45) is 5.92 Å².